The van der Waals surface area contributed by atoms with Crippen LogP contribution in [0.2, 0.25) is 0 Å². The smallest absolute Gasteiger partial charge is 0.358 e. The summed E-state index contributed by atoms with van der Waals surface area (Å²) in [4.78, 5) is 11.4. The van der Waals surface area contributed by atoms with E-state index in [4.69, 9.17) is 4.74 Å². The molecule has 0 spiro atoms. The first kappa shape index (κ1) is 10.4. The first-order valence-corrected chi connectivity index (χ1v) is 5.61. The predicted molar refractivity (Wildman–Crippen MR) is 63.9 cm³/mol. The average Bonchev–Trinajstić information content (AvgIpc) is 2.63. The number of hydrogen-bond acceptors (Lipinski definition) is 3. The van der Waals surface area contributed by atoms with Crippen molar-refractivity contribution >= 4 is 34.1 Å². The molecule has 0 aliphatic rings. The molecule has 2 rings (SSSR count). The van der Waals surface area contributed by atoms with E-state index in [1.54, 1.807) is 17.5 Å². The van der Waals surface area contributed by atoms with Crippen LogP contribution in [0.1, 0.15) is 17.4 Å². The van der Waals surface area contributed by atoms with Gasteiger partial charge in [-0.1, -0.05) is 6.07 Å². The van der Waals surface area contributed by atoms with Crippen LogP contribution in [0.4, 0.5) is 0 Å². The maximum Gasteiger partial charge on any atom is 0.358 e. The van der Waals surface area contributed by atoms with Crippen LogP contribution in [0, 0.1) is 3.70 Å². The van der Waals surface area contributed by atoms with Gasteiger partial charge in [0.05, 0.1) is 12.1 Å². The van der Waals surface area contributed by atoms with Crippen LogP contribution in [0.15, 0.2) is 24.3 Å². The highest BCUT2D eigenvalue weighted by molar-refractivity contribution is 14.1. The second-order valence-electron chi connectivity index (χ2n) is 2.94. The van der Waals surface area contributed by atoms with Gasteiger partial charge in [0.15, 0.2) is 5.69 Å². The summed E-state index contributed by atoms with van der Waals surface area (Å²) in [6.07, 6.45) is 0. The largest absolute Gasteiger partial charge is 0.461 e. The summed E-state index contributed by atoms with van der Waals surface area (Å²) in [5, 5.41) is 4.17. The van der Waals surface area contributed by atoms with Crippen molar-refractivity contribution in [1.82, 2.24) is 9.61 Å². The van der Waals surface area contributed by atoms with E-state index in [9.17, 15) is 4.79 Å². The third-order valence-corrected chi connectivity index (χ3v) is 2.74. The standard InChI is InChI=1S/C10H9IN2O2/c1-2-15-10(14)8-6-7-4-3-5-9(11)13(7)12-8/h3-6H,2H2,1H3. The highest BCUT2D eigenvalue weighted by Crippen LogP contribution is 2.12. The molecule has 0 bridgehead atoms. The Kier molecular flexibility index (Phi) is 2.90. The summed E-state index contributed by atoms with van der Waals surface area (Å²) in [7, 11) is 0. The number of ether oxygens (including phenoxy) is 1. The quantitative estimate of drug-likeness (QED) is 0.484. The SMILES string of the molecule is CCOC(=O)c1cc2cccc(I)n2n1. The zero-order chi connectivity index (χ0) is 10.8. The number of hydrogen-bond donors (Lipinski definition) is 0. The van der Waals surface area contributed by atoms with Crippen LogP contribution in [0.25, 0.3) is 5.52 Å². The Morgan fingerprint density at radius 1 is 1.60 bits per heavy atom. The van der Waals surface area contributed by atoms with Gasteiger partial charge in [0.2, 0.25) is 0 Å². The molecule has 0 aromatic carbocycles. The van der Waals surface area contributed by atoms with Crippen molar-refractivity contribution in [2.45, 2.75) is 6.92 Å². The minimum Gasteiger partial charge on any atom is -0.461 e. The Hall–Kier alpha value is -1.11. The Balaban J connectivity index is 2.47. The molecule has 5 heteroatoms. The van der Waals surface area contributed by atoms with Crippen LogP contribution in [-0.4, -0.2) is 22.2 Å². The Bertz CT molecular complexity index is 507. The van der Waals surface area contributed by atoms with Crippen molar-refractivity contribution < 1.29 is 9.53 Å². The van der Waals surface area contributed by atoms with E-state index in [1.165, 1.54) is 0 Å². The number of rotatable bonds is 2. The molecular weight excluding hydrogens is 307 g/mol. The van der Waals surface area contributed by atoms with Gasteiger partial charge in [0, 0.05) is 0 Å². The minimum atomic E-state index is -0.378. The van der Waals surface area contributed by atoms with Crippen LogP contribution >= 0.6 is 22.6 Å². The zero-order valence-corrected chi connectivity index (χ0v) is 10.3. The lowest BCUT2D eigenvalue weighted by atomic mass is 10.3. The van der Waals surface area contributed by atoms with E-state index in [0.29, 0.717) is 12.3 Å². The van der Waals surface area contributed by atoms with Crippen molar-refractivity contribution in [1.29, 1.82) is 0 Å². The second kappa shape index (κ2) is 4.18. The fourth-order valence-corrected chi connectivity index (χ4v) is 1.88. The number of pyridine rings is 1. The van der Waals surface area contributed by atoms with E-state index in [1.807, 2.05) is 18.2 Å². The molecule has 2 aromatic heterocycles. The van der Waals surface area contributed by atoms with E-state index in [0.717, 1.165) is 9.22 Å². The van der Waals surface area contributed by atoms with Gasteiger partial charge in [-0.25, -0.2) is 9.31 Å². The van der Waals surface area contributed by atoms with Crippen molar-refractivity contribution in [2.24, 2.45) is 0 Å². The second-order valence-corrected chi connectivity index (χ2v) is 4.04. The lowest BCUT2D eigenvalue weighted by Gasteiger charge is -1.96. The number of aromatic nitrogens is 2. The molecule has 0 unspecified atom stereocenters. The van der Waals surface area contributed by atoms with Gasteiger partial charge in [0.1, 0.15) is 3.70 Å². The molecule has 0 saturated heterocycles. The van der Waals surface area contributed by atoms with Crippen LogP contribution in [0.3, 0.4) is 0 Å². The van der Waals surface area contributed by atoms with E-state index in [-0.39, 0.29) is 5.97 Å². The van der Waals surface area contributed by atoms with Crippen molar-refractivity contribution in [3.05, 3.63) is 33.7 Å². The molecule has 2 heterocycles. The molecule has 0 aliphatic heterocycles. The van der Waals surface area contributed by atoms with E-state index < -0.39 is 0 Å². The molecule has 4 nitrogen and oxygen atoms in total. The van der Waals surface area contributed by atoms with Gasteiger partial charge in [-0.3, -0.25) is 0 Å². The first-order valence-electron chi connectivity index (χ1n) is 4.54. The topological polar surface area (TPSA) is 43.6 Å². The fourth-order valence-electron chi connectivity index (χ4n) is 1.29. The van der Waals surface area contributed by atoms with Gasteiger partial charge in [-0.15, -0.1) is 0 Å². The summed E-state index contributed by atoms with van der Waals surface area (Å²) in [6, 6.07) is 7.47. The van der Waals surface area contributed by atoms with Crippen LogP contribution < -0.4 is 0 Å². The highest BCUT2D eigenvalue weighted by atomic mass is 127. The molecule has 0 aliphatic carbocycles. The Labute approximate surface area is 100 Å². The summed E-state index contributed by atoms with van der Waals surface area (Å²) >= 11 is 2.16. The molecule has 0 saturated carbocycles. The summed E-state index contributed by atoms with van der Waals surface area (Å²) in [5.41, 5.74) is 1.24. The number of carbonyl (C=O) groups is 1. The number of esters is 1. The number of carbonyl (C=O) groups excluding carboxylic acids is 1. The normalized spacial score (nSPS) is 10.5. The minimum absolute atomic E-state index is 0.348. The molecule has 78 valence electrons. The molecule has 0 atom stereocenters. The van der Waals surface area contributed by atoms with Gasteiger partial charge in [-0.2, -0.15) is 5.10 Å². The lowest BCUT2D eigenvalue weighted by molar-refractivity contribution is 0.0519. The Morgan fingerprint density at radius 2 is 2.40 bits per heavy atom. The third kappa shape index (κ3) is 1.97. The Morgan fingerprint density at radius 3 is 3.07 bits per heavy atom. The monoisotopic (exact) mass is 316 g/mol. The zero-order valence-electron chi connectivity index (χ0n) is 8.11. The number of nitrogens with zero attached hydrogens (tertiary/aromatic N) is 2. The van der Waals surface area contributed by atoms with E-state index >= 15 is 0 Å². The van der Waals surface area contributed by atoms with Crippen LogP contribution in [0.5, 0.6) is 0 Å². The van der Waals surface area contributed by atoms with Gasteiger partial charge in [0.25, 0.3) is 0 Å². The predicted octanol–water partition coefficient (Wildman–Crippen LogP) is 2.12. The van der Waals surface area contributed by atoms with Crippen molar-refractivity contribution in [3.63, 3.8) is 0 Å². The number of fused-ring (bicyclic) bond motifs is 1. The maximum absolute atomic E-state index is 11.4. The maximum atomic E-state index is 11.4. The molecule has 0 fully saturated rings. The lowest BCUT2D eigenvalue weighted by Crippen LogP contribution is -2.05. The fraction of sp³-hybridized carbons (Fsp3) is 0.200. The molecule has 2 aromatic rings. The molecule has 15 heavy (non-hydrogen) atoms. The van der Waals surface area contributed by atoms with Crippen molar-refractivity contribution in [3.8, 4) is 0 Å². The van der Waals surface area contributed by atoms with Crippen molar-refractivity contribution in [2.75, 3.05) is 6.61 Å². The third-order valence-electron chi connectivity index (χ3n) is 1.92. The van der Waals surface area contributed by atoms with E-state index in [2.05, 4.69) is 27.7 Å². The molecular formula is C10H9IN2O2. The molecule has 0 N–H and O–H groups in total. The first-order chi connectivity index (χ1) is 7.22. The van der Waals surface area contributed by atoms with Gasteiger partial charge in [-0.05, 0) is 47.7 Å². The number of halogens is 1. The summed E-state index contributed by atoms with van der Waals surface area (Å²) in [6.45, 7) is 2.14. The van der Waals surface area contributed by atoms with Gasteiger partial charge < -0.3 is 4.74 Å². The summed E-state index contributed by atoms with van der Waals surface area (Å²) in [5.74, 6) is -0.378. The van der Waals surface area contributed by atoms with Gasteiger partial charge >= 0.3 is 5.97 Å². The average molecular weight is 316 g/mol. The molecule has 0 radical (unpaired) electrons. The summed E-state index contributed by atoms with van der Waals surface area (Å²) < 4.78 is 7.55. The molecule has 0 amide bonds. The van der Waals surface area contributed by atoms with Crippen LogP contribution in [-0.2, 0) is 4.74 Å². The highest BCUT2D eigenvalue weighted by Gasteiger charge is 2.12.